The molecule has 1 saturated heterocycles. The second-order valence-electron chi connectivity index (χ2n) is 8.61. The first-order chi connectivity index (χ1) is 17.5. The molecule has 3 heterocycles. The summed E-state index contributed by atoms with van der Waals surface area (Å²) in [5.74, 6) is 0.220. The average Bonchev–Trinajstić information content (AvgIpc) is 3.57. The molecule has 0 unspecified atom stereocenters. The van der Waals surface area contributed by atoms with Crippen molar-refractivity contribution < 1.29 is 18.7 Å². The summed E-state index contributed by atoms with van der Waals surface area (Å²) in [6, 6.07) is 19.5. The first-order valence-corrected chi connectivity index (χ1v) is 12.6. The SMILES string of the molecule is COc1ccc(-c2cc(C(=O)N3CCN(C(=O)c4cccs4)CC3)c(C)n2-c2ccccc2F)cc1. The van der Waals surface area contributed by atoms with Gasteiger partial charge in [0.05, 0.1) is 28.9 Å². The lowest BCUT2D eigenvalue weighted by molar-refractivity contribution is 0.0537. The van der Waals surface area contributed by atoms with Crippen LogP contribution in [-0.4, -0.2) is 59.5 Å². The molecule has 2 aromatic carbocycles. The molecule has 1 aliphatic heterocycles. The van der Waals surface area contributed by atoms with Crippen molar-refractivity contribution in [3.8, 4) is 22.7 Å². The van der Waals surface area contributed by atoms with E-state index in [1.54, 1.807) is 39.7 Å². The van der Waals surface area contributed by atoms with Gasteiger partial charge in [-0.05, 0) is 66.4 Å². The van der Waals surface area contributed by atoms with Crippen LogP contribution in [0.1, 0.15) is 25.7 Å². The van der Waals surface area contributed by atoms with Gasteiger partial charge in [0.2, 0.25) is 0 Å². The van der Waals surface area contributed by atoms with Crippen LogP contribution in [0.4, 0.5) is 4.39 Å². The molecule has 0 radical (unpaired) electrons. The molecule has 0 spiro atoms. The number of carbonyl (C=O) groups excluding carboxylic acids is 2. The topological polar surface area (TPSA) is 54.8 Å². The number of amides is 2. The number of nitrogens with zero attached hydrogens (tertiary/aromatic N) is 3. The summed E-state index contributed by atoms with van der Waals surface area (Å²) < 4.78 is 22.0. The normalized spacial score (nSPS) is 13.6. The van der Waals surface area contributed by atoms with E-state index in [1.807, 2.05) is 54.8 Å². The van der Waals surface area contributed by atoms with E-state index in [-0.39, 0.29) is 17.6 Å². The first kappa shape index (κ1) is 23.8. The lowest BCUT2D eigenvalue weighted by Crippen LogP contribution is -2.50. The second kappa shape index (κ2) is 9.99. The fraction of sp³-hybridized carbons (Fsp3) is 0.214. The molecular weight excluding hydrogens is 477 g/mol. The van der Waals surface area contributed by atoms with Crippen LogP contribution in [0.5, 0.6) is 5.75 Å². The maximum Gasteiger partial charge on any atom is 0.264 e. The minimum Gasteiger partial charge on any atom is -0.497 e. The summed E-state index contributed by atoms with van der Waals surface area (Å²) in [5.41, 5.74) is 3.11. The van der Waals surface area contributed by atoms with E-state index in [4.69, 9.17) is 4.74 Å². The van der Waals surface area contributed by atoms with E-state index in [0.29, 0.717) is 53.8 Å². The molecule has 0 aliphatic carbocycles. The number of benzene rings is 2. The summed E-state index contributed by atoms with van der Waals surface area (Å²) in [4.78, 5) is 30.6. The van der Waals surface area contributed by atoms with E-state index in [2.05, 4.69) is 0 Å². The molecule has 184 valence electrons. The van der Waals surface area contributed by atoms with Gasteiger partial charge in [0.25, 0.3) is 11.8 Å². The standard InChI is InChI=1S/C28H26FN3O3S/c1-19-22(27(33)30-13-15-31(16-14-30)28(34)26-8-5-17-36-26)18-25(20-9-11-21(35-2)12-10-20)32(19)24-7-4-3-6-23(24)29/h3-12,17-18H,13-16H2,1-2H3. The van der Waals surface area contributed by atoms with E-state index in [0.717, 1.165) is 11.3 Å². The number of ether oxygens (including phenoxy) is 1. The molecule has 1 aliphatic rings. The average molecular weight is 504 g/mol. The number of thiophene rings is 1. The molecule has 5 rings (SSSR count). The number of aromatic nitrogens is 1. The van der Waals surface area contributed by atoms with Crippen LogP contribution in [0, 0.1) is 12.7 Å². The number of carbonyl (C=O) groups is 2. The number of rotatable bonds is 5. The summed E-state index contributed by atoms with van der Waals surface area (Å²) >= 11 is 1.42. The largest absolute Gasteiger partial charge is 0.497 e. The van der Waals surface area contributed by atoms with Gasteiger partial charge in [-0.2, -0.15) is 0 Å². The Morgan fingerprint density at radius 3 is 2.17 bits per heavy atom. The minimum atomic E-state index is -0.370. The predicted molar refractivity (Wildman–Crippen MR) is 139 cm³/mol. The molecule has 0 atom stereocenters. The van der Waals surface area contributed by atoms with Crippen LogP contribution in [0.3, 0.4) is 0 Å². The molecule has 2 amide bonds. The van der Waals surface area contributed by atoms with Crippen molar-refractivity contribution in [1.82, 2.24) is 14.4 Å². The molecule has 0 N–H and O–H groups in total. The Morgan fingerprint density at radius 1 is 0.889 bits per heavy atom. The van der Waals surface area contributed by atoms with Gasteiger partial charge in [0, 0.05) is 31.9 Å². The summed E-state index contributed by atoms with van der Waals surface area (Å²) in [6.07, 6.45) is 0. The van der Waals surface area contributed by atoms with Crippen LogP contribution >= 0.6 is 11.3 Å². The van der Waals surface area contributed by atoms with Gasteiger partial charge in [-0.25, -0.2) is 4.39 Å². The Morgan fingerprint density at radius 2 is 1.56 bits per heavy atom. The number of para-hydroxylation sites is 1. The Bertz CT molecular complexity index is 1390. The molecule has 6 nitrogen and oxygen atoms in total. The highest BCUT2D eigenvalue weighted by atomic mass is 32.1. The monoisotopic (exact) mass is 503 g/mol. The first-order valence-electron chi connectivity index (χ1n) is 11.7. The van der Waals surface area contributed by atoms with Crippen LogP contribution < -0.4 is 4.74 Å². The fourth-order valence-electron chi connectivity index (χ4n) is 4.58. The minimum absolute atomic E-state index is 0.000720. The van der Waals surface area contributed by atoms with Crippen LogP contribution in [-0.2, 0) is 0 Å². The van der Waals surface area contributed by atoms with Crippen molar-refractivity contribution in [2.75, 3.05) is 33.3 Å². The third kappa shape index (κ3) is 4.40. The Balaban J connectivity index is 1.46. The Hall–Kier alpha value is -3.91. The molecule has 0 bridgehead atoms. The van der Waals surface area contributed by atoms with Crippen molar-refractivity contribution in [1.29, 1.82) is 0 Å². The number of halogens is 1. The van der Waals surface area contributed by atoms with Gasteiger partial charge < -0.3 is 19.1 Å². The molecule has 2 aromatic heterocycles. The number of methoxy groups -OCH3 is 1. The summed E-state index contributed by atoms with van der Waals surface area (Å²) in [7, 11) is 1.60. The molecule has 36 heavy (non-hydrogen) atoms. The van der Waals surface area contributed by atoms with Crippen molar-refractivity contribution in [2.45, 2.75) is 6.92 Å². The predicted octanol–water partition coefficient (Wildman–Crippen LogP) is 5.26. The summed E-state index contributed by atoms with van der Waals surface area (Å²) in [5, 5.41) is 1.89. The second-order valence-corrected chi connectivity index (χ2v) is 9.55. The van der Waals surface area contributed by atoms with Crippen molar-refractivity contribution in [3.05, 3.63) is 94.1 Å². The van der Waals surface area contributed by atoms with Gasteiger partial charge in [-0.15, -0.1) is 11.3 Å². The summed E-state index contributed by atoms with van der Waals surface area (Å²) in [6.45, 7) is 3.67. The van der Waals surface area contributed by atoms with E-state index in [9.17, 15) is 14.0 Å². The number of hydrogen-bond acceptors (Lipinski definition) is 4. The zero-order valence-corrected chi connectivity index (χ0v) is 20.9. The van der Waals surface area contributed by atoms with Gasteiger partial charge in [0.15, 0.2) is 0 Å². The molecule has 4 aromatic rings. The maximum absolute atomic E-state index is 14.9. The third-order valence-electron chi connectivity index (χ3n) is 6.54. The maximum atomic E-state index is 14.9. The van der Waals surface area contributed by atoms with Crippen LogP contribution in [0.2, 0.25) is 0 Å². The Kier molecular flexibility index (Phi) is 6.61. The highest BCUT2D eigenvalue weighted by molar-refractivity contribution is 7.12. The quantitative estimate of drug-likeness (QED) is 0.373. The molecule has 8 heteroatoms. The Labute approximate surface area is 213 Å². The zero-order valence-electron chi connectivity index (χ0n) is 20.1. The van der Waals surface area contributed by atoms with Gasteiger partial charge in [-0.3, -0.25) is 9.59 Å². The van der Waals surface area contributed by atoms with Gasteiger partial charge in [-0.1, -0.05) is 18.2 Å². The van der Waals surface area contributed by atoms with Gasteiger partial charge >= 0.3 is 0 Å². The van der Waals surface area contributed by atoms with Crippen molar-refractivity contribution >= 4 is 23.2 Å². The highest BCUT2D eigenvalue weighted by Crippen LogP contribution is 2.32. The van der Waals surface area contributed by atoms with Crippen LogP contribution in [0.15, 0.2) is 72.1 Å². The number of piperazine rings is 1. The number of hydrogen-bond donors (Lipinski definition) is 0. The third-order valence-corrected chi connectivity index (χ3v) is 7.40. The van der Waals surface area contributed by atoms with Crippen molar-refractivity contribution in [3.63, 3.8) is 0 Å². The smallest absolute Gasteiger partial charge is 0.264 e. The van der Waals surface area contributed by atoms with E-state index in [1.165, 1.54) is 17.4 Å². The molecule has 1 fully saturated rings. The van der Waals surface area contributed by atoms with E-state index >= 15 is 0 Å². The van der Waals surface area contributed by atoms with Gasteiger partial charge in [0.1, 0.15) is 11.6 Å². The lowest BCUT2D eigenvalue weighted by atomic mass is 10.1. The van der Waals surface area contributed by atoms with Crippen LogP contribution in [0.25, 0.3) is 16.9 Å². The van der Waals surface area contributed by atoms with Crippen molar-refractivity contribution in [2.24, 2.45) is 0 Å². The molecule has 0 saturated carbocycles. The molecular formula is C28H26FN3O3S. The van der Waals surface area contributed by atoms with E-state index < -0.39 is 0 Å². The fourth-order valence-corrected chi connectivity index (χ4v) is 5.27. The highest BCUT2D eigenvalue weighted by Gasteiger charge is 2.29. The lowest BCUT2D eigenvalue weighted by Gasteiger charge is -2.34. The zero-order chi connectivity index (χ0) is 25.2.